The van der Waals surface area contributed by atoms with Gasteiger partial charge in [0.15, 0.2) is 0 Å². The number of nitrogens with one attached hydrogen (secondary N) is 2. The third kappa shape index (κ3) is 11.7. The van der Waals surface area contributed by atoms with Crippen molar-refractivity contribution in [1.82, 2.24) is 10.6 Å². The van der Waals surface area contributed by atoms with Gasteiger partial charge in [-0.1, -0.05) is 0 Å². The summed E-state index contributed by atoms with van der Waals surface area (Å²) in [5.41, 5.74) is 0. The molecule has 0 saturated heterocycles. The summed E-state index contributed by atoms with van der Waals surface area (Å²) in [4.78, 5) is 21.0. The normalized spacial score (nSPS) is 12.7. The van der Waals surface area contributed by atoms with E-state index >= 15 is 0 Å². The van der Waals surface area contributed by atoms with Crippen LogP contribution in [-0.4, -0.2) is 48.6 Å². The van der Waals surface area contributed by atoms with Crippen LogP contribution in [-0.2, 0) is 35.2 Å². The Balaban J connectivity index is -0.00000128. The van der Waals surface area contributed by atoms with Crippen molar-refractivity contribution in [3.8, 4) is 0 Å². The van der Waals surface area contributed by atoms with E-state index in [0.717, 1.165) is 0 Å². The van der Waals surface area contributed by atoms with Crippen LogP contribution in [0.4, 0.5) is 0 Å². The second-order valence-corrected chi connectivity index (χ2v) is 4.10. The van der Waals surface area contributed by atoms with Crippen molar-refractivity contribution in [2.24, 2.45) is 0 Å². The molecule has 2 N–H and O–H groups in total. The topological polar surface area (TPSA) is 133 Å². The van der Waals surface area contributed by atoms with E-state index in [9.17, 15) is 19.8 Å². The van der Waals surface area contributed by atoms with Crippen molar-refractivity contribution in [3.05, 3.63) is 0 Å². The van der Waals surface area contributed by atoms with Crippen molar-refractivity contribution in [2.45, 2.75) is 18.5 Å². The van der Waals surface area contributed by atoms with E-state index in [4.69, 9.17) is 0 Å². The zero-order valence-corrected chi connectivity index (χ0v) is 13.7. The van der Waals surface area contributed by atoms with Gasteiger partial charge in [-0.15, -0.1) is 0 Å². The molecule has 0 heterocycles. The molecule has 0 aromatic heterocycles. The maximum Gasteiger partial charge on any atom is 4.00 e. The van der Waals surface area contributed by atoms with Crippen LogP contribution in [0.3, 0.4) is 0 Å². The molecule has 0 aliphatic carbocycles. The zero-order chi connectivity index (χ0) is 13.3. The van der Waals surface area contributed by atoms with E-state index in [1.807, 2.05) is 0 Å². The predicted octanol–water partition coefficient (Wildman–Crippen LogP) is -3.47. The van der Waals surface area contributed by atoms with E-state index in [0.29, 0.717) is 19.5 Å². The summed E-state index contributed by atoms with van der Waals surface area (Å²) in [5, 5.41) is 26.5. The molecule has 0 unspecified atom stereocenters. The molecule has 10 heteroatoms. The van der Waals surface area contributed by atoms with Crippen LogP contribution >= 0.6 is 25.3 Å². The van der Waals surface area contributed by atoms with Crippen LogP contribution in [0.5, 0.6) is 0 Å². The molecule has 1 radical (unpaired) electrons. The number of thiol groups is 2. The molecule has 0 fully saturated rings. The molecule has 0 amide bonds. The second-order valence-electron chi connectivity index (χ2n) is 3.37. The molecule has 0 spiro atoms. The maximum atomic E-state index is 10.5. The number of hydrogen-bond donors (Lipinski definition) is 4. The van der Waals surface area contributed by atoms with E-state index in [1.165, 1.54) is 0 Å². The summed E-state index contributed by atoms with van der Waals surface area (Å²) in [7, 11) is 0. The summed E-state index contributed by atoms with van der Waals surface area (Å²) < 4.78 is 0. The number of aliphatic carboxylic acids is 2. The molecule has 0 aliphatic heterocycles. The zero-order valence-electron chi connectivity index (χ0n) is 10.0. The Labute approximate surface area is 136 Å². The van der Waals surface area contributed by atoms with Gasteiger partial charge in [0.2, 0.25) is 0 Å². The maximum absolute atomic E-state index is 10.5. The molecule has 19 heavy (non-hydrogen) atoms. The molecule has 0 aromatic carbocycles. The standard InChI is InChI=1S/C9H18N2O4S2.O.Tc/c12-8(13)6(4-16)10-2-1-3-11-7(5-17)9(14)15;;/h6-7,10-11,16-17H,1-5H2,(H,12,13)(H,14,15);;/q;-2;+4/p-2/t6-,7-;;/m0../s1. The smallest absolute Gasteiger partial charge is 2.00 e. The fourth-order valence-corrected chi connectivity index (χ4v) is 1.64. The Morgan fingerprint density at radius 1 is 0.947 bits per heavy atom. The molecule has 0 aromatic rings. The number of hydrogen-bond acceptors (Lipinski definition) is 8. The Morgan fingerprint density at radius 2 is 1.26 bits per heavy atom. The first kappa shape index (κ1) is 24.2. The molecule has 0 aliphatic rings. The Bertz CT molecular complexity index is 237. The second kappa shape index (κ2) is 14.6. The predicted molar refractivity (Wildman–Crippen MR) is 66.6 cm³/mol. The van der Waals surface area contributed by atoms with Gasteiger partial charge in [0.1, 0.15) is 0 Å². The minimum absolute atomic E-state index is 0. The summed E-state index contributed by atoms with van der Waals surface area (Å²) in [6.07, 6.45) is 0.578. The van der Waals surface area contributed by atoms with Crippen LogP contribution in [0.1, 0.15) is 6.42 Å². The van der Waals surface area contributed by atoms with Crippen LogP contribution in [0.25, 0.3) is 0 Å². The fraction of sp³-hybridized carbons (Fsp3) is 0.778. The number of carboxylic acid groups (broad SMARTS) is 2. The van der Waals surface area contributed by atoms with Crippen molar-refractivity contribution in [1.29, 1.82) is 0 Å². The number of carbonyl (C=O) groups is 2. The van der Waals surface area contributed by atoms with Crippen LogP contribution in [0.2, 0.25) is 0 Å². The first-order valence-electron chi connectivity index (χ1n) is 5.13. The quantitative estimate of drug-likeness (QED) is 0.225. The number of carbonyl (C=O) groups excluding carboxylic acids is 2. The third-order valence-corrected chi connectivity index (χ3v) is 2.80. The Hall–Kier alpha value is 0.169. The van der Waals surface area contributed by atoms with Crippen LogP contribution in [0.15, 0.2) is 0 Å². The van der Waals surface area contributed by atoms with Crippen LogP contribution in [0, 0.1) is 0 Å². The molecule has 2 atom stereocenters. The molecule has 0 bridgehead atoms. The van der Waals surface area contributed by atoms with E-state index in [1.54, 1.807) is 0 Å². The average Bonchev–Trinajstić information content (AvgIpc) is 2.27. The number of rotatable bonds is 10. The average molecular weight is 394 g/mol. The Morgan fingerprint density at radius 3 is 1.47 bits per heavy atom. The monoisotopic (exact) mass is 393 g/mol. The molecule has 7 nitrogen and oxygen atoms in total. The first-order valence-corrected chi connectivity index (χ1v) is 6.39. The summed E-state index contributed by atoms with van der Waals surface area (Å²) in [6.45, 7) is 0.858. The molecular formula is C9H16N2O5S2Tc. The van der Waals surface area contributed by atoms with Crippen molar-refractivity contribution >= 4 is 37.2 Å². The number of carboxylic acids is 2. The van der Waals surface area contributed by atoms with Crippen molar-refractivity contribution in [3.63, 3.8) is 0 Å². The van der Waals surface area contributed by atoms with E-state index in [2.05, 4.69) is 35.9 Å². The largest absolute Gasteiger partial charge is 4.00 e. The minimum Gasteiger partial charge on any atom is -2.00 e. The Kier molecular flexibility index (Phi) is 18.6. The summed E-state index contributed by atoms with van der Waals surface area (Å²) in [5.74, 6) is -2.10. The molecule has 0 rings (SSSR count). The molecule has 111 valence electrons. The van der Waals surface area contributed by atoms with Gasteiger partial charge >= 0.3 is 20.1 Å². The third-order valence-electron chi connectivity index (χ3n) is 2.07. The SMILES string of the molecule is O=C([O-])[C@H](CS)NCCCN[C@@H](CS)C(=O)[O-].[O-2].[Tc+4]. The van der Waals surface area contributed by atoms with Gasteiger partial charge in [-0.25, -0.2) is 0 Å². The van der Waals surface area contributed by atoms with Gasteiger partial charge < -0.3 is 35.9 Å². The minimum atomic E-state index is -1.20. The van der Waals surface area contributed by atoms with Crippen LogP contribution < -0.4 is 20.8 Å². The van der Waals surface area contributed by atoms with Gasteiger partial charge in [-0.2, -0.15) is 25.3 Å². The molecule has 0 saturated carbocycles. The summed E-state index contributed by atoms with van der Waals surface area (Å²) >= 11 is 7.72. The fourth-order valence-electron chi connectivity index (χ4n) is 1.09. The summed E-state index contributed by atoms with van der Waals surface area (Å²) in [6, 6.07) is -1.58. The van der Waals surface area contributed by atoms with Gasteiger partial charge in [-0.3, -0.25) is 0 Å². The van der Waals surface area contributed by atoms with Crippen molar-refractivity contribution in [2.75, 3.05) is 24.6 Å². The van der Waals surface area contributed by atoms with E-state index in [-0.39, 0.29) is 37.1 Å². The van der Waals surface area contributed by atoms with Gasteiger partial charge in [-0.05, 0) is 19.5 Å². The van der Waals surface area contributed by atoms with Gasteiger partial charge in [0, 0.05) is 11.5 Å². The first-order chi connectivity index (χ1) is 8.02. The van der Waals surface area contributed by atoms with Crippen molar-refractivity contribution < 1.29 is 45.4 Å². The van der Waals surface area contributed by atoms with Gasteiger partial charge in [0.25, 0.3) is 0 Å². The molecular weight excluding hydrogens is 378 g/mol. The van der Waals surface area contributed by atoms with E-state index < -0.39 is 24.0 Å². The van der Waals surface area contributed by atoms with Gasteiger partial charge in [0.05, 0.1) is 24.0 Å².